The number of anilines is 1. The van der Waals surface area contributed by atoms with E-state index in [0.29, 0.717) is 5.92 Å². The number of nitrogens with zero attached hydrogens (tertiary/aromatic N) is 3. The van der Waals surface area contributed by atoms with E-state index in [2.05, 4.69) is 9.80 Å². The van der Waals surface area contributed by atoms with E-state index in [4.69, 9.17) is 27.0 Å². The van der Waals surface area contributed by atoms with E-state index in [1.54, 1.807) is 7.11 Å². The smallest absolute Gasteiger partial charge is 0.190 e. The zero-order valence-corrected chi connectivity index (χ0v) is 18.5. The second-order valence-electron chi connectivity index (χ2n) is 8.32. The number of ketones is 1. The lowest BCUT2D eigenvalue weighted by Gasteiger charge is -2.37. The van der Waals surface area contributed by atoms with Crippen LogP contribution in [0.3, 0.4) is 0 Å². The molecule has 2 aliphatic rings. The Morgan fingerprint density at radius 3 is 2.57 bits per heavy atom. The quantitative estimate of drug-likeness (QED) is 0.626. The maximum Gasteiger partial charge on any atom is 0.190 e. The summed E-state index contributed by atoms with van der Waals surface area (Å²) in [6.45, 7) is 5.07. The Labute approximate surface area is 184 Å². The van der Waals surface area contributed by atoms with Gasteiger partial charge in [-0.15, -0.1) is 0 Å². The number of rotatable bonds is 8. The Balaban J connectivity index is 1.40. The molecule has 0 atom stereocenters. The number of ether oxygens (including phenoxy) is 1. The number of carbonyl (C=O) groups is 1. The fraction of sp³-hybridized carbons (Fsp3) is 0.609. The van der Waals surface area contributed by atoms with Crippen molar-refractivity contribution in [2.45, 2.75) is 38.5 Å². The second kappa shape index (κ2) is 10.8. The zero-order chi connectivity index (χ0) is 21.5. The summed E-state index contributed by atoms with van der Waals surface area (Å²) in [7, 11) is 1.69. The molecule has 0 radical (unpaired) electrons. The van der Waals surface area contributed by atoms with Crippen LogP contribution in [0.2, 0.25) is 5.02 Å². The summed E-state index contributed by atoms with van der Waals surface area (Å²) in [6.07, 6.45) is 4.98. The normalized spacial score (nSPS) is 22.4. The fourth-order valence-electron chi connectivity index (χ4n) is 4.62. The highest BCUT2D eigenvalue weighted by Gasteiger charge is 2.28. The van der Waals surface area contributed by atoms with Crippen molar-refractivity contribution in [2.24, 2.45) is 11.8 Å². The maximum absolute atomic E-state index is 11.8. The highest BCUT2D eigenvalue weighted by atomic mass is 35.5. The average molecular weight is 431 g/mol. The number of carbonyl (C=O) groups excluding carboxylic acids is 1. The van der Waals surface area contributed by atoms with E-state index in [0.717, 1.165) is 74.9 Å². The van der Waals surface area contributed by atoms with Crippen molar-refractivity contribution < 1.29 is 9.53 Å². The highest BCUT2D eigenvalue weighted by molar-refractivity contribution is 6.39. The standard InChI is InChI=1S/C23H31ClN4O2/c1-30-22-7-6-19(24)16-20(22)28-14-12-27(13-15-28)11-9-17-2-4-18(5-3-17)23(26)21(29)8-10-25/h6-7,16-18,26H,2-5,8-9,11-15H2,1H3. The van der Waals surface area contributed by atoms with Crippen molar-refractivity contribution in [1.82, 2.24) is 4.90 Å². The first-order valence-electron chi connectivity index (χ1n) is 10.8. The molecule has 1 aliphatic carbocycles. The monoisotopic (exact) mass is 430 g/mol. The van der Waals surface area contributed by atoms with Gasteiger partial charge in [-0.2, -0.15) is 5.26 Å². The number of piperazine rings is 1. The molecule has 2 fully saturated rings. The summed E-state index contributed by atoms with van der Waals surface area (Å²) in [5, 5.41) is 17.4. The Morgan fingerprint density at radius 2 is 1.93 bits per heavy atom. The number of methoxy groups -OCH3 is 1. The molecular formula is C23H31ClN4O2. The first kappa shape index (κ1) is 22.6. The van der Waals surface area contributed by atoms with E-state index in [1.165, 1.54) is 6.42 Å². The van der Waals surface area contributed by atoms with Gasteiger partial charge in [-0.3, -0.25) is 9.69 Å². The number of hydrogen-bond acceptors (Lipinski definition) is 6. The topological polar surface area (TPSA) is 80.4 Å². The summed E-state index contributed by atoms with van der Waals surface area (Å²) >= 11 is 6.18. The molecule has 7 heteroatoms. The number of Topliss-reactive ketones (excluding diaryl/α,β-unsaturated/α-hetero) is 1. The highest BCUT2D eigenvalue weighted by Crippen LogP contribution is 2.33. The van der Waals surface area contributed by atoms with Crippen LogP contribution >= 0.6 is 11.6 Å². The molecule has 0 unspecified atom stereocenters. The van der Waals surface area contributed by atoms with Gasteiger partial charge in [0, 0.05) is 37.1 Å². The van der Waals surface area contributed by atoms with Crippen LogP contribution in [0.25, 0.3) is 0 Å². The molecule has 0 bridgehead atoms. The maximum atomic E-state index is 11.8. The molecule has 1 saturated heterocycles. The summed E-state index contributed by atoms with van der Waals surface area (Å²) in [5.41, 5.74) is 1.24. The van der Waals surface area contributed by atoms with E-state index in [-0.39, 0.29) is 23.8 Å². The van der Waals surface area contributed by atoms with Crippen LogP contribution in [0.1, 0.15) is 38.5 Å². The molecule has 1 N–H and O–H groups in total. The van der Waals surface area contributed by atoms with Crippen molar-refractivity contribution in [3.05, 3.63) is 23.2 Å². The van der Waals surface area contributed by atoms with Gasteiger partial charge in [-0.05, 0) is 62.8 Å². The summed E-state index contributed by atoms with van der Waals surface area (Å²) in [6, 6.07) is 7.62. The lowest BCUT2D eigenvalue weighted by molar-refractivity contribution is -0.112. The number of nitrogens with one attached hydrogen (secondary N) is 1. The average Bonchev–Trinajstić information content (AvgIpc) is 2.78. The molecule has 6 nitrogen and oxygen atoms in total. The van der Waals surface area contributed by atoms with Crippen molar-refractivity contribution in [3.8, 4) is 11.8 Å². The molecule has 162 valence electrons. The van der Waals surface area contributed by atoms with E-state index in [1.807, 2.05) is 24.3 Å². The Bertz CT molecular complexity index is 791. The molecule has 0 spiro atoms. The van der Waals surface area contributed by atoms with Crippen LogP contribution < -0.4 is 9.64 Å². The zero-order valence-electron chi connectivity index (χ0n) is 17.7. The van der Waals surface area contributed by atoms with Crippen LogP contribution in [0.5, 0.6) is 5.75 Å². The Morgan fingerprint density at radius 1 is 1.23 bits per heavy atom. The molecule has 1 aromatic rings. The van der Waals surface area contributed by atoms with E-state index < -0.39 is 0 Å². The lowest BCUT2D eigenvalue weighted by atomic mass is 9.77. The predicted molar refractivity (Wildman–Crippen MR) is 120 cm³/mol. The van der Waals surface area contributed by atoms with Gasteiger partial charge in [0.15, 0.2) is 5.78 Å². The molecule has 3 rings (SSSR count). The van der Waals surface area contributed by atoms with Crippen LogP contribution in [0, 0.1) is 28.6 Å². The summed E-state index contributed by atoms with van der Waals surface area (Å²) in [5.74, 6) is 1.29. The SMILES string of the molecule is COc1ccc(Cl)cc1N1CCN(CCC2CCC(C(=N)C(=O)CC#N)CC2)CC1. The number of benzene rings is 1. The molecule has 1 heterocycles. The Kier molecular flexibility index (Phi) is 8.12. The fourth-order valence-corrected chi connectivity index (χ4v) is 4.79. The van der Waals surface area contributed by atoms with Crippen LogP contribution in [0.15, 0.2) is 18.2 Å². The minimum atomic E-state index is -0.296. The number of nitriles is 1. The van der Waals surface area contributed by atoms with Crippen molar-refractivity contribution in [3.63, 3.8) is 0 Å². The van der Waals surface area contributed by atoms with Gasteiger partial charge in [-0.25, -0.2) is 0 Å². The van der Waals surface area contributed by atoms with Crippen molar-refractivity contribution in [1.29, 1.82) is 10.7 Å². The summed E-state index contributed by atoms with van der Waals surface area (Å²) < 4.78 is 5.50. The van der Waals surface area contributed by atoms with E-state index >= 15 is 0 Å². The Hall–Kier alpha value is -2.10. The lowest BCUT2D eigenvalue weighted by Crippen LogP contribution is -2.47. The van der Waals surface area contributed by atoms with Crippen molar-refractivity contribution in [2.75, 3.05) is 44.7 Å². The minimum Gasteiger partial charge on any atom is -0.495 e. The molecule has 1 aliphatic heterocycles. The molecular weight excluding hydrogens is 400 g/mol. The molecule has 1 saturated carbocycles. The molecule has 0 aromatic heterocycles. The van der Waals surface area contributed by atoms with Crippen LogP contribution in [-0.2, 0) is 4.79 Å². The summed E-state index contributed by atoms with van der Waals surface area (Å²) in [4.78, 5) is 16.6. The predicted octanol–water partition coefficient (Wildman–Crippen LogP) is 4.17. The van der Waals surface area contributed by atoms with Crippen molar-refractivity contribution >= 4 is 28.8 Å². The van der Waals surface area contributed by atoms with Gasteiger partial charge < -0.3 is 15.0 Å². The second-order valence-corrected chi connectivity index (χ2v) is 8.76. The van der Waals surface area contributed by atoms with Gasteiger partial charge >= 0.3 is 0 Å². The molecule has 30 heavy (non-hydrogen) atoms. The van der Waals surface area contributed by atoms with E-state index in [9.17, 15) is 4.79 Å². The first-order valence-corrected chi connectivity index (χ1v) is 11.2. The van der Waals surface area contributed by atoms with Crippen LogP contribution in [0.4, 0.5) is 5.69 Å². The minimum absolute atomic E-state index is 0.0540. The van der Waals surface area contributed by atoms with Gasteiger partial charge in [0.25, 0.3) is 0 Å². The van der Waals surface area contributed by atoms with Gasteiger partial charge in [0.05, 0.1) is 31.0 Å². The number of halogens is 1. The third-order valence-electron chi connectivity index (χ3n) is 6.50. The van der Waals surface area contributed by atoms with Gasteiger partial charge in [0.2, 0.25) is 0 Å². The third kappa shape index (κ3) is 5.74. The largest absolute Gasteiger partial charge is 0.495 e. The third-order valence-corrected chi connectivity index (χ3v) is 6.74. The number of hydrogen-bond donors (Lipinski definition) is 1. The molecule has 0 amide bonds. The van der Waals surface area contributed by atoms with Crippen LogP contribution in [-0.4, -0.2) is 56.2 Å². The first-order chi connectivity index (χ1) is 14.5. The van der Waals surface area contributed by atoms with Gasteiger partial charge in [0.1, 0.15) is 5.75 Å². The molecule has 1 aromatic carbocycles. The van der Waals surface area contributed by atoms with Gasteiger partial charge in [-0.1, -0.05) is 11.6 Å².